The van der Waals surface area contributed by atoms with Crippen LogP contribution in [0.1, 0.15) is 19.8 Å². The Hall–Kier alpha value is -0.610. The lowest BCUT2D eigenvalue weighted by Gasteiger charge is -2.48. The maximum atomic E-state index is 10.6. The van der Waals surface area contributed by atoms with E-state index in [0.717, 1.165) is 12.8 Å². The smallest absolute Gasteiger partial charge is 0.320 e. The quantitative estimate of drug-likeness (QED) is 0.645. The van der Waals surface area contributed by atoms with E-state index in [1.807, 2.05) is 0 Å². The van der Waals surface area contributed by atoms with E-state index in [1.165, 1.54) is 0 Å². The van der Waals surface area contributed by atoms with Crippen LogP contribution in [0.5, 0.6) is 0 Å². The molecule has 1 atom stereocenters. The van der Waals surface area contributed by atoms with Crippen LogP contribution < -0.4 is 0 Å². The Morgan fingerprint density at radius 2 is 2.08 bits per heavy atom. The molecule has 1 aliphatic carbocycles. The van der Waals surface area contributed by atoms with Gasteiger partial charge in [0.05, 0.1) is 5.60 Å². The summed E-state index contributed by atoms with van der Waals surface area (Å²) >= 11 is 0. The Bertz CT molecular complexity index is 231. The minimum absolute atomic E-state index is 0.435. The van der Waals surface area contributed by atoms with Crippen molar-refractivity contribution in [3.05, 3.63) is 0 Å². The van der Waals surface area contributed by atoms with Crippen LogP contribution in [0.4, 0.5) is 0 Å². The lowest BCUT2D eigenvalue weighted by Crippen LogP contribution is -2.66. The van der Waals surface area contributed by atoms with Gasteiger partial charge in [-0.05, 0) is 25.7 Å². The minimum Gasteiger partial charge on any atom is -0.480 e. The zero-order valence-electron chi connectivity index (χ0n) is 7.73. The summed E-state index contributed by atoms with van der Waals surface area (Å²) in [4.78, 5) is 12.4. The van der Waals surface area contributed by atoms with Crippen molar-refractivity contribution in [2.45, 2.75) is 31.4 Å². The van der Waals surface area contributed by atoms with Crippen molar-refractivity contribution in [2.75, 3.05) is 13.1 Å². The average Bonchev–Trinajstić information content (AvgIpc) is 2.79. The number of hydrogen-bond donors (Lipinski definition) is 2. The highest BCUT2D eigenvalue weighted by molar-refractivity contribution is 5.73. The molecule has 2 fully saturated rings. The topological polar surface area (TPSA) is 60.8 Å². The fourth-order valence-electron chi connectivity index (χ4n) is 1.97. The molecule has 74 valence electrons. The molecule has 1 saturated carbocycles. The Balaban J connectivity index is 1.86. The maximum Gasteiger partial charge on any atom is 0.320 e. The number of β-amino-alcohol motifs (C(OH)–C–C–N with tert-alkyl or cyclic N) is 1. The molecule has 1 unspecified atom stereocenters. The van der Waals surface area contributed by atoms with Crippen molar-refractivity contribution in [1.29, 1.82) is 0 Å². The predicted octanol–water partition coefficient (Wildman–Crippen LogP) is -0.0838. The van der Waals surface area contributed by atoms with Crippen LogP contribution in [-0.4, -0.2) is 45.8 Å². The predicted molar refractivity (Wildman–Crippen MR) is 46.3 cm³/mol. The molecule has 0 amide bonds. The number of carboxylic acids is 1. The number of aliphatic carboxylic acids is 1. The molecular weight excluding hydrogens is 170 g/mol. The summed E-state index contributed by atoms with van der Waals surface area (Å²) in [5.41, 5.74) is -0.566. The van der Waals surface area contributed by atoms with Gasteiger partial charge in [-0.1, -0.05) is 0 Å². The average molecular weight is 185 g/mol. The van der Waals surface area contributed by atoms with Crippen molar-refractivity contribution < 1.29 is 15.0 Å². The lowest BCUT2D eigenvalue weighted by atomic mass is 9.87. The van der Waals surface area contributed by atoms with E-state index < -0.39 is 17.6 Å². The van der Waals surface area contributed by atoms with E-state index in [0.29, 0.717) is 19.0 Å². The molecule has 0 bridgehead atoms. The van der Waals surface area contributed by atoms with Crippen molar-refractivity contribution in [1.82, 2.24) is 4.90 Å². The molecule has 2 aliphatic rings. The third kappa shape index (κ3) is 1.44. The highest BCUT2D eigenvalue weighted by Gasteiger charge is 2.53. The van der Waals surface area contributed by atoms with Crippen LogP contribution in [0.3, 0.4) is 0 Å². The molecule has 0 aromatic carbocycles. The fourth-order valence-corrected chi connectivity index (χ4v) is 1.97. The van der Waals surface area contributed by atoms with Crippen LogP contribution >= 0.6 is 0 Å². The minimum atomic E-state index is -0.808. The third-order valence-electron chi connectivity index (χ3n) is 3.20. The first-order chi connectivity index (χ1) is 6.03. The zero-order chi connectivity index (χ0) is 9.64. The molecule has 4 heteroatoms. The molecule has 0 aromatic heterocycles. The number of carboxylic acid groups (broad SMARTS) is 1. The molecule has 0 spiro atoms. The highest BCUT2D eigenvalue weighted by Crippen LogP contribution is 2.44. The van der Waals surface area contributed by atoms with Gasteiger partial charge >= 0.3 is 5.97 Å². The Kier molecular flexibility index (Phi) is 1.85. The van der Waals surface area contributed by atoms with Gasteiger partial charge in [0.2, 0.25) is 0 Å². The fraction of sp³-hybridized carbons (Fsp3) is 0.889. The number of rotatable bonds is 3. The van der Waals surface area contributed by atoms with Gasteiger partial charge in [0.15, 0.2) is 0 Å². The number of likely N-dealkylation sites (tertiary alicyclic amines) is 1. The summed E-state index contributed by atoms with van der Waals surface area (Å²) in [6.07, 6.45) is 2.21. The van der Waals surface area contributed by atoms with Crippen LogP contribution in [0, 0.1) is 5.92 Å². The molecule has 0 radical (unpaired) electrons. The van der Waals surface area contributed by atoms with E-state index in [2.05, 4.69) is 0 Å². The third-order valence-corrected chi connectivity index (χ3v) is 3.20. The molecule has 1 saturated heterocycles. The van der Waals surface area contributed by atoms with Gasteiger partial charge in [-0.3, -0.25) is 9.69 Å². The van der Waals surface area contributed by atoms with Gasteiger partial charge in [0.1, 0.15) is 6.04 Å². The van der Waals surface area contributed by atoms with Crippen molar-refractivity contribution in [2.24, 2.45) is 5.92 Å². The van der Waals surface area contributed by atoms with E-state index in [4.69, 9.17) is 5.11 Å². The standard InChI is InChI=1S/C9H15NO3/c1-6(8(11)12)10-4-9(13,5-10)7-2-3-7/h6-7,13H,2-5H2,1H3,(H,11,12). The SMILES string of the molecule is CC(C(=O)O)N1CC(O)(C2CC2)C1. The normalized spacial score (nSPS) is 29.4. The van der Waals surface area contributed by atoms with Gasteiger partial charge in [-0.15, -0.1) is 0 Å². The molecule has 13 heavy (non-hydrogen) atoms. The molecular formula is C9H15NO3. The van der Waals surface area contributed by atoms with E-state index in [9.17, 15) is 9.90 Å². The van der Waals surface area contributed by atoms with E-state index in [-0.39, 0.29) is 0 Å². The molecule has 4 nitrogen and oxygen atoms in total. The van der Waals surface area contributed by atoms with Crippen LogP contribution in [-0.2, 0) is 4.79 Å². The second-order valence-corrected chi connectivity index (χ2v) is 4.30. The summed E-state index contributed by atoms with van der Waals surface area (Å²) in [5.74, 6) is -0.373. The molecule has 2 rings (SSSR count). The summed E-state index contributed by atoms with van der Waals surface area (Å²) in [7, 11) is 0. The Labute approximate surface area is 77.2 Å². The summed E-state index contributed by atoms with van der Waals surface area (Å²) in [6, 6.07) is -0.459. The molecule has 1 heterocycles. The van der Waals surface area contributed by atoms with E-state index in [1.54, 1.807) is 11.8 Å². The van der Waals surface area contributed by atoms with Crippen LogP contribution in [0.25, 0.3) is 0 Å². The molecule has 0 aromatic rings. The first-order valence-corrected chi connectivity index (χ1v) is 4.72. The van der Waals surface area contributed by atoms with Gasteiger partial charge in [-0.2, -0.15) is 0 Å². The second kappa shape index (κ2) is 2.69. The second-order valence-electron chi connectivity index (χ2n) is 4.30. The monoisotopic (exact) mass is 185 g/mol. The highest BCUT2D eigenvalue weighted by atomic mass is 16.4. The van der Waals surface area contributed by atoms with Gasteiger partial charge in [0, 0.05) is 13.1 Å². The number of aliphatic hydroxyl groups is 1. The molecule has 1 aliphatic heterocycles. The van der Waals surface area contributed by atoms with Crippen molar-refractivity contribution in [3.63, 3.8) is 0 Å². The molecule has 2 N–H and O–H groups in total. The maximum absolute atomic E-state index is 10.6. The summed E-state index contributed by atoms with van der Waals surface area (Å²) in [6.45, 7) is 2.73. The summed E-state index contributed by atoms with van der Waals surface area (Å²) in [5, 5.41) is 18.6. The number of hydrogen-bond acceptors (Lipinski definition) is 3. The van der Waals surface area contributed by atoms with Gasteiger partial charge in [-0.25, -0.2) is 0 Å². The number of carbonyl (C=O) groups is 1. The summed E-state index contributed by atoms with van der Waals surface area (Å²) < 4.78 is 0. The Morgan fingerprint density at radius 3 is 2.46 bits per heavy atom. The van der Waals surface area contributed by atoms with Crippen LogP contribution in [0.2, 0.25) is 0 Å². The van der Waals surface area contributed by atoms with Crippen molar-refractivity contribution >= 4 is 5.97 Å². The lowest BCUT2D eigenvalue weighted by molar-refractivity contribution is -0.160. The first-order valence-electron chi connectivity index (χ1n) is 4.72. The van der Waals surface area contributed by atoms with E-state index >= 15 is 0 Å². The van der Waals surface area contributed by atoms with Crippen molar-refractivity contribution in [3.8, 4) is 0 Å². The number of nitrogens with zero attached hydrogens (tertiary/aromatic N) is 1. The largest absolute Gasteiger partial charge is 0.480 e. The first kappa shape index (κ1) is 8.97. The zero-order valence-corrected chi connectivity index (χ0v) is 7.73. The van der Waals surface area contributed by atoms with Gasteiger partial charge in [0.25, 0.3) is 0 Å². The van der Waals surface area contributed by atoms with Crippen LogP contribution in [0.15, 0.2) is 0 Å². The van der Waals surface area contributed by atoms with Gasteiger partial charge < -0.3 is 10.2 Å². The Morgan fingerprint density at radius 1 is 1.54 bits per heavy atom.